The summed E-state index contributed by atoms with van der Waals surface area (Å²) in [5.74, 6) is -0.501. The highest BCUT2D eigenvalue weighted by molar-refractivity contribution is 5.89. The SMILES string of the molecule is Cc1[nH]nc2ccc(C=O)c(F)c12. The van der Waals surface area contributed by atoms with Gasteiger partial charge in [-0.1, -0.05) is 0 Å². The monoisotopic (exact) mass is 178 g/mol. The molecule has 0 unspecified atom stereocenters. The van der Waals surface area contributed by atoms with E-state index in [9.17, 15) is 9.18 Å². The number of halogens is 1. The van der Waals surface area contributed by atoms with Gasteiger partial charge in [0, 0.05) is 5.69 Å². The maximum Gasteiger partial charge on any atom is 0.153 e. The van der Waals surface area contributed by atoms with Crippen LogP contribution < -0.4 is 0 Å². The number of nitrogens with one attached hydrogen (secondary N) is 1. The summed E-state index contributed by atoms with van der Waals surface area (Å²) >= 11 is 0. The molecule has 0 saturated carbocycles. The van der Waals surface area contributed by atoms with E-state index in [4.69, 9.17) is 0 Å². The lowest BCUT2D eigenvalue weighted by molar-refractivity contribution is 0.112. The minimum Gasteiger partial charge on any atom is -0.298 e. The van der Waals surface area contributed by atoms with Crippen LogP contribution in [0, 0.1) is 12.7 Å². The van der Waals surface area contributed by atoms with E-state index < -0.39 is 5.82 Å². The Kier molecular flexibility index (Phi) is 1.62. The Hall–Kier alpha value is -1.71. The number of fused-ring (bicyclic) bond motifs is 1. The molecule has 0 aliphatic carbocycles. The summed E-state index contributed by atoms with van der Waals surface area (Å²) in [6.45, 7) is 1.72. The molecule has 2 aromatic rings. The average molecular weight is 178 g/mol. The number of aromatic nitrogens is 2. The molecule has 1 heterocycles. The first-order valence-electron chi connectivity index (χ1n) is 3.82. The molecule has 0 bridgehead atoms. The molecule has 0 fully saturated rings. The van der Waals surface area contributed by atoms with Gasteiger partial charge in [0.1, 0.15) is 5.82 Å². The summed E-state index contributed by atoms with van der Waals surface area (Å²) in [7, 11) is 0. The summed E-state index contributed by atoms with van der Waals surface area (Å²) < 4.78 is 13.5. The fourth-order valence-electron chi connectivity index (χ4n) is 1.32. The van der Waals surface area contributed by atoms with E-state index in [1.165, 1.54) is 6.07 Å². The van der Waals surface area contributed by atoms with Crippen LogP contribution in [0.25, 0.3) is 10.9 Å². The molecule has 1 aromatic heterocycles. The number of benzene rings is 1. The van der Waals surface area contributed by atoms with Gasteiger partial charge in [0.05, 0.1) is 16.5 Å². The van der Waals surface area contributed by atoms with Crippen molar-refractivity contribution in [3.05, 3.63) is 29.2 Å². The zero-order valence-corrected chi connectivity index (χ0v) is 6.97. The van der Waals surface area contributed by atoms with Crippen molar-refractivity contribution in [1.29, 1.82) is 0 Å². The third kappa shape index (κ3) is 1.02. The predicted octanol–water partition coefficient (Wildman–Crippen LogP) is 1.82. The van der Waals surface area contributed by atoms with Crippen molar-refractivity contribution in [1.82, 2.24) is 10.2 Å². The smallest absolute Gasteiger partial charge is 0.153 e. The summed E-state index contributed by atoms with van der Waals surface area (Å²) in [6, 6.07) is 3.04. The molecule has 66 valence electrons. The first kappa shape index (κ1) is 7.91. The van der Waals surface area contributed by atoms with Crippen molar-refractivity contribution in [3.63, 3.8) is 0 Å². The van der Waals surface area contributed by atoms with E-state index >= 15 is 0 Å². The normalized spacial score (nSPS) is 10.6. The molecular formula is C9H7FN2O. The van der Waals surface area contributed by atoms with Crippen molar-refractivity contribution in [2.45, 2.75) is 6.92 Å². The van der Waals surface area contributed by atoms with E-state index in [0.717, 1.165) is 0 Å². The molecule has 4 heteroatoms. The van der Waals surface area contributed by atoms with Gasteiger partial charge in [-0.25, -0.2) is 4.39 Å². The van der Waals surface area contributed by atoms with Crippen LogP contribution in [0.5, 0.6) is 0 Å². The number of carbonyl (C=O) groups is 1. The Bertz CT molecular complexity index is 476. The molecule has 13 heavy (non-hydrogen) atoms. The number of nitrogens with zero attached hydrogens (tertiary/aromatic N) is 1. The van der Waals surface area contributed by atoms with Gasteiger partial charge >= 0.3 is 0 Å². The highest BCUT2D eigenvalue weighted by atomic mass is 19.1. The van der Waals surface area contributed by atoms with Crippen LogP contribution in [-0.2, 0) is 0 Å². The van der Waals surface area contributed by atoms with Crippen LogP contribution in [0.1, 0.15) is 16.1 Å². The lowest BCUT2D eigenvalue weighted by atomic mass is 10.1. The van der Waals surface area contributed by atoms with Crippen LogP contribution in [0.15, 0.2) is 12.1 Å². The van der Waals surface area contributed by atoms with Gasteiger partial charge in [-0.05, 0) is 19.1 Å². The predicted molar refractivity (Wildman–Crippen MR) is 46.2 cm³/mol. The highest BCUT2D eigenvalue weighted by Crippen LogP contribution is 2.20. The van der Waals surface area contributed by atoms with Gasteiger partial charge in [0.2, 0.25) is 0 Å². The van der Waals surface area contributed by atoms with Gasteiger partial charge in [0.25, 0.3) is 0 Å². The van der Waals surface area contributed by atoms with Gasteiger partial charge < -0.3 is 0 Å². The number of rotatable bonds is 1. The van der Waals surface area contributed by atoms with E-state index in [1.807, 2.05) is 0 Å². The highest BCUT2D eigenvalue weighted by Gasteiger charge is 2.10. The average Bonchev–Trinajstić information content (AvgIpc) is 2.49. The van der Waals surface area contributed by atoms with E-state index in [2.05, 4.69) is 10.2 Å². The summed E-state index contributed by atoms with van der Waals surface area (Å²) in [4.78, 5) is 10.4. The van der Waals surface area contributed by atoms with Gasteiger partial charge in [-0.2, -0.15) is 5.10 Å². The van der Waals surface area contributed by atoms with E-state index in [0.29, 0.717) is 22.9 Å². The molecule has 0 aliphatic rings. The summed E-state index contributed by atoms with van der Waals surface area (Å²) in [5.41, 5.74) is 1.24. The van der Waals surface area contributed by atoms with Gasteiger partial charge in [-0.15, -0.1) is 0 Å². The fourth-order valence-corrected chi connectivity index (χ4v) is 1.32. The topological polar surface area (TPSA) is 45.8 Å². The summed E-state index contributed by atoms with van der Waals surface area (Å²) in [5, 5.41) is 6.93. The number of carbonyl (C=O) groups excluding carboxylic acids is 1. The van der Waals surface area contributed by atoms with Gasteiger partial charge in [-0.3, -0.25) is 9.89 Å². The maximum absolute atomic E-state index is 13.5. The Labute approximate surface area is 73.6 Å². The van der Waals surface area contributed by atoms with E-state index in [-0.39, 0.29) is 5.56 Å². The molecule has 1 N–H and O–H groups in total. The number of aryl methyl sites for hydroxylation is 1. The molecule has 0 amide bonds. The number of hydrogen-bond donors (Lipinski definition) is 1. The van der Waals surface area contributed by atoms with Crippen LogP contribution in [-0.4, -0.2) is 16.5 Å². The first-order valence-corrected chi connectivity index (χ1v) is 3.82. The van der Waals surface area contributed by atoms with Crippen molar-refractivity contribution >= 4 is 17.2 Å². The van der Waals surface area contributed by atoms with Crippen molar-refractivity contribution in [2.24, 2.45) is 0 Å². The van der Waals surface area contributed by atoms with Crippen LogP contribution in [0.3, 0.4) is 0 Å². The minimum absolute atomic E-state index is 0.0667. The second-order valence-corrected chi connectivity index (χ2v) is 2.83. The standard InChI is InChI=1S/C9H7FN2O/c1-5-8-7(12-11-5)3-2-6(4-13)9(8)10/h2-4H,1H3,(H,11,12). The number of aldehydes is 1. The maximum atomic E-state index is 13.5. The quantitative estimate of drug-likeness (QED) is 0.677. The third-order valence-electron chi connectivity index (χ3n) is 2.00. The minimum atomic E-state index is -0.501. The number of H-pyrrole nitrogens is 1. The largest absolute Gasteiger partial charge is 0.298 e. The Morgan fingerprint density at radius 3 is 3.00 bits per heavy atom. The van der Waals surface area contributed by atoms with Crippen molar-refractivity contribution in [3.8, 4) is 0 Å². The number of aromatic amines is 1. The molecule has 0 saturated heterocycles. The zero-order chi connectivity index (χ0) is 9.42. The molecule has 0 atom stereocenters. The Balaban J connectivity index is 2.91. The molecule has 2 rings (SSSR count). The van der Waals surface area contributed by atoms with E-state index in [1.54, 1.807) is 13.0 Å². The third-order valence-corrected chi connectivity index (χ3v) is 2.00. The second-order valence-electron chi connectivity index (χ2n) is 2.83. The summed E-state index contributed by atoms with van der Waals surface area (Å²) in [6.07, 6.45) is 0.501. The van der Waals surface area contributed by atoms with Crippen LogP contribution in [0.4, 0.5) is 4.39 Å². The Morgan fingerprint density at radius 2 is 2.31 bits per heavy atom. The fraction of sp³-hybridized carbons (Fsp3) is 0.111. The molecule has 0 aliphatic heterocycles. The number of hydrogen-bond acceptors (Lipinski definition) is 2. The van der Waals surface area contributed by atoms with Crippen LogP contribution in [0.2, 0.25) is 0 Å². The molecule has 0 spiro atoms. The lowest BCUT2D eigenvalue weighted by Crippen LogP contribution is -1.88. The second kappa shape index (κ2) is 2.65. The molecular weight excluding hydrogens is 171 g/mol. The first-order chi connectivity index (χ1) is 6.24. The molecule has 0 radical (unpaired) electrons. The lowest BCUT2D eigenvalue weighted by Gasteiger charge is -1.95. The van der Waals surface area contributed by atoms with Crippen molar-refractivity contribution < 1.29 is 9.18 Å². The zero-order valence-electron chi connectivity index (χ0n) is 6.97. The Morgan fingerprint density at radius 1 is 1.54 bits per heavy atom. The molecule has 3 nitrogen and oxygen atoms in total. The van der Waals surface area contributed by atoms with Gasteiger partial charge in [0.15, 0.2) is 6.29 Å². The van der Waals surface area contributed by atoms with Crippen LogP contribution >= 0.6 is 0 Å². The van der Waals surface area contributed by atoms with Crippen molar-refractivity contribution in [2.75, 3.05) is 0 Å². The molecule has 1 aromatic carbocycles.